The minimum atomic E-state index is -0.650. The summed E-state index contributed by atoms with van der Waals surface area (Å²) in [7, 11) is 1.63. The van der Waals surface area contributed by atoms with E-state index >= 15 is 0 Å². The Kier molecular flexibility index (Phi) is 4.77. The van der Waals surface area contributed by atoms with E-state index in [2.05, 4.69) is 20.2 Å². The molecule has 0 bridgehead atoms. The summed E-state index contributed by atoms with van der Waals surface area (Å²) in [4.78, 5) is 11.1. The van der Waals surface area contributed by atoms with Gasteiger partial charge >= 0.3 is 0 Å². The van der Waals surface area contributed by atoms with E-state index in [-0.39, 0.29) is 0 Å². The standard InChI is InChI=1S/C14H24N4O2/c1-4-15-11-8-13(17-12(16-11)9-20-3)18-7-5-6-14(2,19)10-18/h8,19H,4-7,9-10H2,1-3H3,(H,15,16,17). The van der Waals surface area contributed by atoms with Crippen LogP contribution in [0.4, 0.5) is 11.6 Å². The molecule has 0 aromatic carbocycles. The van der Waals surface area contributed by atoms with Gasteiger partial charge in [0, 0.05) is 32.8 Å². The zero-order valence-electron chi connectivity index (χ0n) is 12.5. The van der Waals surface area contributed by atoms with Gasteiger partial charge in [0.15, 0.2) is 5.82 Å². The molecule has 6 nitrogen and oxygen atoms in total. The molecule has 1 aromatic rings. The van der Waals surface area contributed by atoms with Gasteiger partial charge in [-0.2, -0.15) is 0 Å². The number of nitrogens with zero attached hydrogens (tertiary/aromatic N) is 3. The van der Waals surface area contributed by atoms with E-state index in [9.17, 15) is 5.11 Å². The van der Waals surface area contributed by atoms with Crippen LogP contribution in [-0.4, -0.2) is 47.4 Å². The minimum absolute atomic E-state index is 0.385. The third kappa shape index (κ3) is 3.80. The molecular weight excluding hydrogens is 256 g/mol. The van der Waals surface area contributed by atoms with Crippen LogP contribution in [-0.2, 0) is 11.3 Å². The molecule has 0 aliphatic carbocycles. The van der Waals surface area contributed by atoms with Gasteiger partial charge in [-0.3, -0.25) is 0 Å². The Morgan fingerprint density at radius 2 is 2.30 bits per heavy atom. The highest BCUT2D eigenvalue weighted by molar-refractivity contribution is 5.50. The molecule has 1 aliphatic heterocycles. The maximum atomic E-state index is 10.2. The number of hydrogen-bond acceptors (Lipinski definition) is 6. The van der Waals surface area contributed by atoms with E-state index in [1.165, 1.54) is 0 Å². The maximum Gasteiger partial charge on any atom is 0.158 e. The number of methoxy groups -OCH3 is 1. The largest absolute Gasteiger partial charge is 0.388 e. The van der Waals surface area contributed by atoms with Crippen molar-refractivity contribution in [2.45, 2.75) is 38.9 Å². The Balaban J connectivity index is 2.24. The first kappa shape index (κ1) is 15.0. The molecule has 0 spiro atoms. The predicted octanol–water partition coefficient (Wildman–Crippen LogP) is 1.41. The molecule has 20 heavy (non-hydrogen) atoms. The van der Waals surface area contributed by atoms with E-state index in [4.69, 9.17) is 4.74 Å². The molecule has 1 fully saturated rings. The first-order valence-electron chi connectivity index (χ1n) is 7.12. The van der Waals surface area contributed by atoms with Crippen LogP contribution in [0.5, 0.6) is 0 Å². The summed E-state index contributed by atoms with van der Waals surface area (Å²) < 4.78 is 5.12. The van der Waals surface area contributed by atoms with E-state index in [1.54, 1.807) is 7.11 Å². The topological polar surface area (TPSA) is 70.5 Å². The monoisotopic (exact) mass is 280 g/mol. The number of hydrogen-bond donors (Lipinski definition) is 2. The number of piperidine rings is 1. The molecule has 2 rings (SSSR count). The number of rotatable bonds is 5. The highest BCUT2D eigenvalue weighted by atomic mass is 16.5. The number of nitrogens with one attached hydrogen (secondary N) is 1. The van der Waals surface area contributed by atoms with E-state index in [0.29, 0.717) is 19.0 Å². The summed E-state index contributed by atoms with van der Waals surface area (Å²) in [6.45, 7) is 6.61. The smallest absolute Gasteiger partial charge is 0.158 e. The lowest BCUT2D eigenvalue weighted by Gasteiger charge is -2.37. The Morgan fingerprint density at radius 1 is 1.50 bits per heavy atom. The number of aliphatic hydroxyl groups is 1. The van der Waals surface area contributed by atoms with Crippen LogP contribution in [0.15, 0.2) is 6.07 Å². The molecule has 2 N–H and O–H groups in total. The van der Waals surface area contributed by atoms with Crippen LogP contribution in [0, 0.1) is 0 Å². The van der Waals surface area contributed by atoms with Gasteiger partial charge in [-0.1, -0.05) is 0 Å². The van der Waals surface area contributed by atoms with Gasteiger partial charge in [-0.25, -0.2) is 9.97 Å². The number of β-amino-alcohol motifs (C(OH)–C–C–N with tert-alkyl or cyclic N) is 1. The predicted molar refractivity (Wildman–Crippen MR) is 79.0 cm³/mol. The van der Waals surface area contributed by atoms with Crippen LogP contribution >= 0.6 is 0 Å². The van der Waals surface area contributed by atoms with Crippen molar-refractivity contribution >= 4 is 11.6 Å². The Labute approximate surface area is 120 Å². The van der Waals surface area contributed by atoms with Crippen LogP contribution in [0.25, 0.3) is 0 Å². The van der Waals surface area contributed by atoms with Gasteiger partial charge in [0.2, 0.25) is 0 Å². The zero-order chi connectivity index (χ0) is 14.6. The third-order valence-corrected chi connectivity index (χ3v) is 3.39. The fraction of sp³-hybridized carbons (Fsp3) is 0.714. The third-order valence-electron chi connectivity index (χ3n) is 3.39. The maximum absolute atomic E-state index is 10.2. The molecule has 0 amide bonds. The van der Waals surface area contributed by atoms with Crippen molar-refractivity contribution in [3.05, 3.63) is 11.9 Å². The summed E-state index contributed by atoms with van der Waals surface area (Å²) >= 11 is 0. The molecule has 0 radical (unpaired) electrons. The van der Waals surface area contributed by atoms with Crippen LogP contribution in [0.1, 0.15) is 32.5 Å². The van der Waals surface area contributed by atoms with Crippen molar-refractivity contribution in [3.8, 4) is 0 Å². The van der Waals surface area contributed by atoms with Crippen LogP contribution < -0.4 is 10.2 Å². The van der Waals surface area contributed by atoms with Crippen LogP contribution in [0.2, 0.25) is 0 Å². The second-order valence-electron chi connectivity index (χ2n) is 5.51. The molecule has 1 unspecified atom stereocenters. The summed E-state index contributed by atoms with van der Waals surface area (Å²) in [5.41, 5.74) is -0.650. The minimum Gasteiger partial charge on any atom is -0.388 e. The van der Waals surface area contributed by atoms with Gasteiger partial charge in [-0.05, 0) is 26.7 Å². The number of ether oxygens (including phenoxy) is 1. The van der Waals surface area contributed by atoms with Crippen molar-refractivity contribution in [3.63, 3.8) is 0 Å². The summed E-state index contributed by atoms with van der Waals surface area (Å²) in [6, 6.07) is 1.93. The van der Waals surface area contributed by atoms with Crippen molar-refractivity contribution in [2.75, 3.05) is 37.0 Å². The quantitative estimate of drug-likeness (QED) is 0.850. The lowest BCUT2D eigenvalue weighted by Crippen LogP contribution is -2.46. The van der Waals surface area contributed by atoms with Crippen LogP contribution in [0.3, 0.4) is 0 Å². The van der Waals surface area contributed by atoms with Crippen molar-refractivity contribution in [1.29, 1.82) is 0 Å². The average Bonchev–Trinajstić information content (AvgIpc) is 2.38. The second-order valence-corrected chi connectivity index (χ2v) is 5.51. The molecule has 0 saturated carbocycles. The fourth-order valence-corrected chi connectivity index (χ4v) is 2.53. The summed E-state index contributed by atoms with van der Waals surface area (Å²) in [5, 5.41) is 13.4. The number of anilines is 2. The molecule has 1 aliphatic rings. The number of aromatic nitrogens is 2. The Bertz CT molecular complexity index is 427. The lowest BCUT2D eigenvalue weighted by molar-refractivity contribution is 0.0446. The van der Waals surface area contributed by atoms with Gasteiger partial charge in [-0.15, -0.1) is 0 Å². The van der Waals surface area contributed by atoms with Crippen molar-refractivity contribution in [2.24, 2.45) is 0 Å². The zero-order valence-corrected chi connectivity index (χ0v) is 12.5. The molecule has 1 atom stereocenters. The fourth-order valence-electron chi connectivity index (χ4n) is 2.53. The summed E-state index contributed by atoms with van der Waals surface area (Å²) in [5.74, 6) is 2.31. The molecule has 1 saturated heterocycles. The average molecular weight is 280 g/mol. The van der Waals surface area contributed by atoms with E-state index in [0.717, 1.165) is 37.6 Å². The van der Waals surface area contributed by atoms with Crippen molar-refractivity contribution in [1.82, 2.24) is 9.97 Å². The van der Waals surface area contributed by atoms with Gasteiger partial charge in [0.1, 0.15) is 18.2 Å². The molecule has 112 valence electrons. The normalized spacial score (nSPS) is 22.9. The van der Waals surface area contributed by atoms with Gasteiger partial charge in [0.25, 0.3) is 0 Å². The van der Waals surface area contributed by atoms with E-state index in [1.807, 2.05) is 19.9 Å². The SMILES string of the molecule is CCNc1cc(N2CCCC(C)(O)C2)nc(COC)n1. The molecular formula is C14H24N4O2. The van der Waals surface area contributed by atoms with Gasteiger partial charge < -0.3 is 20.1 Å². The van der Waals surface area contributed by atoms with Crippen molar-refractivity contribution < 1.29 is 9.84 Å². The highest BCUT2D eigenvalue weighted by Gasteiger charge is 2.29. The molecule has 6 heteroatoms. The van der Waals surface area contributed by atoms with E-state index < -0.39 is 5.60 Å². The lowest BCUT2D eigenvalue weighted by atomic mass is 9.95. The Hall–Kier alpha value is -1.40. The summed E-state index contributed by atoms with van der Waals surface area (Å²) in [6.07, 6.45) is 1.80. The first-order valence-corrected chi connectivity index (χ1v) is 7.12. The highest BCUT2D eigenvalue weighted by Crippen LogP contribution is 2.25. The Morgan fingerprint density at radius 3 is 2.95 bits per heavy atom. The van der Waals surface area contributed by atoms with Gasteiger partial charge in [0.05, 0.1) is 5.60 Å². The second kappa shape index (κ2) is 6.37. The first-order chi connectivity index (χ1) is 9.54. The molecule has 1 aromatic heterocycles. The molecule has 2 heterocycles.